The van der Waals surface area contributed by atoms with Gasteiger partial charge in [-0.3, -0.25) is 0 Å². The lowest BCUT2D eigenvalue weighted by Crippen LogP contribution is -2.33. The number of benzene rings is 1. The molecule has 1 aromatic rings. The molecule has 82 valence electrons. The Morgan fingerprint density at radius 2 is 1.93 bits per heavy atom. The minimum absolute atomic E-state index is 0.304. The van der Waals surface area contributed by atoms with E-state index in [1.54, 1.807) is 0 Å². The van der Waals surface area contributed by atoms with Crippen LogP contribution in [-0.4, -0.2) is 18.0 Å². The highest BCUT2D eigenvalue weighted by molar-refractivity contribution is 6.18. The molecule has 1 aliphatic rings. The van der Waals surface area contributed by atoms with Crippen molar-refractivity contribution < 1.29 is 0 Å². The van der Waals surface area contributed by atoms with E-state index in [2.05, 4.69) is 35.6 Å². The van der Waals surface area contributed by atoms with Crippen LogP contribution in [0.25, 0.3) is 0 Å². The van der Waals surface area contributed by atoms with E-state index < -0.39 is 0 Å². The predicted molar refractivity (Wildman–Crippen MR) is 65.5 cm³/mol. The minimum atomic E-state index is 0.304. The van der Waals surface area contributed by atoms with Gasteiger partial charge in [0.25, 0.3) is 0 Å². The molecule has 0 spiro atoms. The van der Waals surface area contributed by atoms with Crippen LogP contribution in [0.4, 0.5) is 0 Å². The van der Waals surface area contributed by atoms with Crippen molar-refractivity contribution in [3.05, 3.63) is 35.9 Å². The Bertz CT molecular complexity index is 293. The zero-order chi connectivity index (χ0) is 10.6. The van der Waals surface area contributed by atoms with Crippen LogP contribution in [-0.2, 0) is 6.42 Å². The van der Waals surface area contributed by atoms with Gasteiger partial charge in [0, 0.05) is 11.4 Å². The number of alkyl halides is 1. The minimum Gasteiger partial charge on any atom is -0.310 e. The Morgan fingerprint density at radius 1 is 1.20 bits per heavy atom. The molecule has 0 bridgehead atoms. The molecular weight excluding hydrogens is 206 g/mol. The molecule has 1 aromatic carbocycles. The number of hydrogen-bond donors (Lipinski definition) is 1. The van der Waals surface area contributed by atoms with E-state index in [-0.39, 0.29) is 0 Å². The van der Waals surface area contributed by atoms with Gasteiger partial charge in [0.1, 0.15) is 0 Å². The molecule has 1 aliphatic carbocycles. The molecule has 2 heteroatoms. The molecule has 2 rings (SSSR count). The van der Waals surface area contributed by atoms with E-state index in [1.165, 1.54) is 24.8 Å². The molecule has 1 fully saturated rings. The highest BCUT2D eigenvalue weighted by Crippen LogP contribution is 2.36. The highest BCUT2D eigenvalue weighted by atomic mass is 35.5. The third kappa shape index (κ3) is 3.22. The number of hydrogen-bond acceptors (Lipinski definition) is 1. The number of nitrogens with one attached hydrogen (secondary N) is 1. The number of rotatable bonds is 6. The van der Waals surface area contributed by atoms with Crippen molar-refractivity contribution in [3.63, 3.8) is 0 Å². The van der Waals surface area contributed by atoms with Gasteiger partial charge in [-0.15, -0.1) is 11.6 Å². The summed E-state index contributed by atoms with van der Waals surface area (Å²) in [5.74, 6) is 0.762. The second-order valence-corrected chi connectivity index (χ2v) is 4.70. The smallest absolute Gasteiger partial charge is 0.0406 e. The van der Waals surface area contributed by atoms with Crippen molar-refractivity contribution in [1.82, 2.24) is 5.32 Å². The molecule has 0 heterocycles. The quantitative estimate of drug-likeness (QED) is 0.578. The average Bonchev–Trinajstić information content (AvgIpc) is 3.07. The summed E-state index contributed by atoms with van der Waals surface area (Å²) in [6.07, 6.45) is 4.86. The van der Waals surface area contributed by atoms with Gasteiger partial charge in [-0.1, -0.05) is 30.3 Å². The lowest BCUT2D eigenvalue weighted by molar-refractivity contribution is 0.531. The lowest BCUT2D eigenvalue weighted by atomic mass is 10.1. The first-order valence-electron chi connectivity index (χ1n) is 5.70. The summed E-state index contributed by atoms with van der Waals surface area (Å²) in [5.41, 5.74) is 1.73. The van der Waals surface area contributed by atoms with Gasteiger partial charge in [-0.25, -0.2) is 0 Å². The summed E-state index contributed by atoms with van der Waals surface area (Å²) in [6.45, 7) is 1.08. The van der Waals surface area contributed by atoms with Gasteiger partial charge >= 0.3 is 0 Å². The van der Waals surface area contributed by atoms with Gasteiger partial charge < -0.3 is 5.32 Å². The summed E-state index contributed by atoms with van der Waals surface area (Å²) in [7, 11) is 0. The summed E-state index contributed by atoms with van der Waals surface area (Å²) in [5, 5.41) is 3.56. The third-order valence-corrected chi connectivity index (χ3v) is 3.61. The maximum Gasteiger partial charge on any atom is 0.0406 e. The molecule has 0 radical (unpaired) electrons. The summed E-state index contributed by atoms with van der Waals surface area (Å²) in [6, 6.07) is 10.6. The van der Waals surface area contributed by atoms with Gasteiger partial charge in [0.05, 0.1) is 0 Å². The fourth-order valence-electron chi connectivity index (χ4n) is 1.80. The van der Waals surface area contributed by atoms with Crippen LogP contribution >= 0.6 is 11.6 Å². The standard InChI is InChI=1S/C13H18ClN/c14-11-13(8-9-13)15-10-4-7-12-5-2-1-3-6-12/h1-3,5-6,15H,4,7-11H2. The molecule has 0 saturated heterocycles. The maximum atomic E-state index is 5.89. The van der Waals surface area contributed by atoms with Crippen LogP contribution in [0.5, 0.6) is 0 Å². The Morgan fingerprint density at radius 3 is 2.53 bits per heavy atom. The third-order valence-electron chi connectivity index (χ3n) is 3.09. The van der Waals surface area contributed by atoms with E-state index in [9.17, 15) is 0 Å². The monoisotopic (exact) mass is 223 g/mol. The normalized spacial score (nSPS) is 17.7. The van der Waals surface area contributed by atoms with Gasteiger partial charge in [-0.05, 0) is 37.8 Å². The maximum absolute atomic E-state index is 5.89. The first-order valence-corrected chi connectivity index (χ1v) is 6.23. The molecule has 1 nitrogen and oxygen atoms in total. The molecular formula is C13H18ClN. The first kappa shape index (κ1) is 11.0. The summed E-state index contributed by atoms with van der Waals surface area (Å²) in [4.78, 5) is 0. The number of aryl methyl sites for hydroxylation is 1. The fourth-order valence-corrected chi connectivity index (χ4v) is 2.16. The molecule has 0 amide bonds. The SMILES string of the molecule is ClCC1(NCCCc2ccccc2)CC1. The topological polar surface area (TPSA) is 12.0 Å². The molecule has 0 aromatic heterocycles. The van der Waals surface area contributed by atoms with Crippen molar-refractivity contribution in [2.75, 3.05) is 12.4 Å². The van der Waals surface area contributed by atoms with Crippen molar-refractivity contribution in [2.24, 2.45) is 0 Å². The zero-order valence-corrected chi connectivity index (χ0v) is 9.76. The van der Waals surface area contributed by atoms with Crippen LogP contribution in [0.1, 0.15) is 24.8 Å². The summed E-state index contributed by atoms with van der Waals surface area (Å²) < 4.78 is 0. The van der Waals surface area contributed by atoms with Crippen LogP contribution in [0, 0.1) is 0 Å². The van der Waals surface area contributed by atoms with Crippen molar-refractivity contribution in [2.45, 2.75) is 31.2 Å². The molecule has 0 aliphatic heterocycles. The van der Waals surface area contributed by atoms with Gasteiger partial charge in [-0.2, -0.15) is 0 Å². The van der Waals surface area contributed by atoms with E-state index in [4.69, 9.17) is 11.6 Å². The molecule has 15 heavy (non-hydrogen) atoms. The van der Waals surface area contributed by atoms with Crippen molar-refractivity contribution in [3.8, 4) is 0 Å². The number of halogens is 1. The Kier molecular flexibility index (Phi) is 3.66. The molecule has 0 unspecified atom stereocenters. The Balaban J connectivity index is 1.63. The fraction of sp³-hybridized carbons (Fsp3) is 0.538. The largest absolute Gasteiger partial charge is 0.310 e. The first-order chi connectivity index (χ1) is 7.35. The second kappa shape index (κ2) is 5.00. The van der Waals surface area contributed by atoms with Crippen LogP contribution in [0.3, 0.4) is 0 Å². The van der Waals surface area contributed by atoms with Gasteiger partial charge in [0.2, 0.25) is 0 Å². The van der Waals surface area contributed by atoms with E-state index >= 15 is 0 Å². The summed E-state index contributed by atoms with van der Waals surface area (Å²) >= 11 is 5.89. The van der Waals surface area contributed by atoms with Crippen LogP contribution < -0.4 is 5.32 Å². The molecule has 0 atom stereocenters. The van der Waals surface area contributed by atoms with Crippen LogP contribution in [0.15, 0.2) is 30.3 Å². The van der Waals surface area contributed by atoms with E-state index in [0.29, 0.717) is 5.54 Å². The second-order valence-electron chi connectivity index (χ2n) is 4.43. The lowest BCUT2D eigenvalue weighted by Gasteiger charge is -2.13. The van der Waals surface area contributed by atoms with Gasteiger partial charge in [0.15, 0.2) is 0 Å². The Labute approximate surface area is 96.8 Å². The van der Waals surface area contributed by atoms with Crippen molar-refractivity contribution >= 4 is 11.6 Å². The Hall–Kier alpha value is -0.530. The predicted octanol–water partition coefficient (Wildman–Crippen LogP) is 2.98. The van der Waals surface area contributed by atoms with Crippen molar-refractivity contribution in [1.29, 1.82) is 0 Å². The average molecular weight is 224 g/mol. The van der Waals surface area contributed by atoms with E-state index in [1.807, 2.05) is 0 Å². The molecule has 1 N–H and O–H groups in total. The zero-order valence-electron chi connectivity index (χ0n) is 9.01. The molecule has 1 saturated carbocycles. The van der Waals surface area contributed by atoms with E-state index in [0.717, 1.165) is 18.8 Å². The van der Waals surface area contributed by atoms with Crippen LogP contribution in [0.2, 0.25) is 0 Å². The highest BCUT2D eigenvalue weighted by Gasteiger charge is 2.40.